The van der Waals surface area contributed by atoms with E-state index < -0.39 is 17.9 Å². The molecular weight excluding hydrogens is 344 g/mol. The van der Waals surface area contributed by atoms with Crippen molar-refractivity contribution in [1.29, 1.82) is 0 Å². The third-order valence-corrected chi connectivity index (χ3v) is 5.34. The molecule has 2 aromatic rings. The first kappa shape index (κ1) is 18.8. The summed E-state index contributed by atoms with van der Waals surface area (Å²) in [5, 5.41) is 18.4. The molecule has 2 aromatic carbocycles. The van der Waals surface area contributed by atoms with E-state index in [0.29, 0.717) is 18.4 Å². The lowest BCUT2D eigenvalue weighted by molar-refractivity contribution is -0.138. The first-order chi connectivity index (χ1) is 12.9. The lowest BCUT2D eigenvalue weighted by atomic mass is 9.87. The maximum Gasteiger partial charge on any atom is 0.335 e. The van der Waals surface area contributed by atoms with Gasteiger partial charge in [0.15, 0.2) is 0 Å². The Morgan fingerprint density at radius 3 is 2.37 bits per heavy atom. The number of carbonyl (C=O) groups excluding carboxylic acids is 1. The van der Waals surface area contributed by atoms with Gasteiger partial charge in [-0.15, -0.1) is 0 Å². The smallest absolute Gasteiger partial charge is 0.335 e. The normalized spacial score (nSPS) is 17.7. The van der Waals surface area contributed by atoms with Crippen molar-refractivity contribution in [3.8, 4) is 11.1 Å². The molecule has 0 aliphatic heterocycles. The van der Waals surface area contributed by atoms with Crippen LogP contribution in [0.15, 0.2) is 42.5 Å². The molecule has 0 amide bonds. The summed E-state index contributed by atoms with van der Waals surface area (Å²) in [4.78, 5) is 34.5. The molecule has 5 heteroatoms. The topological polar surface area (TPSA) is 91.7 Å². The number of aliphatic carboxylic acids is 1. The van der Waals surface area contributed by atoms with Crippen LogP contribution < -0.4 is 0 Å². The highest BCUT2D eigenvalue weighted by Crippen LogP contribution is 2.33. The fraction of sp³-hybridized carbons (Fsp3) is 0.318. The number of ketones is 1. The van der Waals surface area contributed by atoms with E-state index in [2.05, 4.69) is 0 Å². The fourth-order valence-electron chi connectivity index (χ4n) is 3.61. The Labute approximate surface area is 157 Å². The van der Waals surface area contributed by atoms with Gasteiger partial charge in [0, 0.05) is 12.3 Å². The predicted molar refractivity (Wildman–Crippen MR) is 101 cm³/mol. The van der Waals surface area contributed by atoms with Crippen molar-refractivity contribution in [3.63, 3.8) is 0 Å². The zero-order valence-electron chi connectivity index (χ0n) is 15.1. The summed E-state index contributed by atoms with van der Waals surface area (Å²) in [6.07, 6.45) is 3.04. The van der Waals surface area contributed by atoms with Gasteiger partial charge in [-0.25, -0.2) is 4.79 Å². The average Bonchev–Trinajstić information content (AvgIpc) is 3.06. The summed E-state index contributed by atoms with van der Waals surface area (Å²) in [6.45, 7) is 1.63. The minimum atomic E-state index is -0.994. The maximum atomic E-state index is 12.1. The van der Waals surface area contributed by atoms with E-state index in [1.807, 2.05) is 18.2 Å². The molecule has 2 atom stereocenters. The van der Waals surface area contributed by atoms with Crippen LogP contribution >= 0.6 is 0 Å². The highest BCUT2D eigenvalue weighted by molar-refractivity contribution is 5.88. The summed E-state index contributed by atoms with van der Waals surface area (Å²) in [5.74, 6) is -2.26. The summed E-state index contributed by atoms with van der Waals surface area (Å²) >= 11 is 0. The van der Waals surface area contributed by atoms with Gasteiger partial charge >= 0.3 is 11.9 Å². The molecule has 0 radical (unpaired) electrons. The summed E-state index contributed by atoms with van der Waals surface area (Å²) in [6, 6.07) is 12.1. The predicted octanol–water partition coefficient (Wildman–Crippen LogP) is 4.15. The molecule has 1 saturated carbocycles. The van der Waals surface area contributed by atoms with E-state index in [0.717, 1.165) is 29.5 Å². The van der Waals surface area contributed by atoms with Crippen molar-refractivity contribution in [3.05, 3.63) is 59.2 Å². The summed E-state index contributed by atoms with van der Waals surface area (Å²) < 4.78 is 0. The minimum absolute atomic E-state index is 0.00444. The number of rotatable bonds is 6. The van der Waals surface area contributed by atoms with Crippen molar-refractivity contribution in [2.45, 2.75) is 38.5 Å². The first-order valence-corrected chi connectivity index (χ1v) is 9.09. The van der Waals surface area contributed by atoms with Gasteiger partial charge in [0.2, 0.25) is 0 Å². The second-order valence-electron chi connectivity index (χ2n) is 7.12. The van der Waals surface area contributed by atoms with Crippen molar-refractivity contribution in [2.75, 3.05) is 0 Å². The van der Waals surface area contributed by atoms with Crippen LogP contribution in [0.5, 0.6) is 0 Å². The Hall–Kier alpha value is -2.95. The van der Waals surface area contributed by atoms with Crippen molar-refractivity contribution < 1.29 is 24.6 Å². The van der Waals surface area contributed by atoms with Crippen LogP contribution in [0, 0.1) is 5.92 Å². The van der Waals surface area contributed by atoms with E-state index in [4.69, 9.17) is 5.11 Å². The van der Waals surface area contributed by atoms with Crippen molar-refractivity contribution in [1.82, 2.24) is 0 Å². The zero-order valence-corrected chi connectivity index (χ0v) is 15.1. The van der Waals surface area contributed by atoms with Crippen molar-refractivity contribution >= 4 is 17.7 Å². The van der Waals surface area contributed by atoms with Gasteiger partial charge in [0.1, 0.15) is 5.78 Å². The van der Waals surface area contributed by atoms with Crippen LogP contribution in [-0.4, -0.2) is 27.9 Å². The molecule has 0 heterocycles. The molecule has 0 aromatic heterocycles. The Morgan fingerprint density at radius 1 is 1.11 bits per heavy atom. The lowest BCUT2D eigenvalue weighted by Gasteiger charge is -2.16. The summed E-state index contributed by atoms with van der Waals surface area (Å²) in [5.41, 5.74) is 3.54. The van der Waals surface area contributed by atoms with Crippen LogP contribution in [0.3, 0.4) is 0 Å². The minimum Gasteiger partial charge on any atom is -0.481 e. The monoisotopic (exact) mass is 366 g/mol. The standard InChI is InChI=1S/C22H22O5/c1-13(21(24)25)16-9-10-17(11-18-3-2-4-20(18)23)19(12-16)14-5-7-15(8-6-14)22(26)27/h5-10,12-13,18H,2-4,11H2,1H3,(H,24,25)(H,26,27). The maximum absolute atomic E-state index is 12.1. The van der Waals surface area contributed by atoms with Gasteiger partial charge < -0.3 is 10.2 Å². The molecule has 27 heavy (non-hydrogen) atoms. The molecule has 3 rings (SSSR count). The van der Waals surface area contributed by atoms with Crippen molar-refractivity contribution in [2.24, 2.45) is 5.92 Å². The third kappa shape index (κ3) is 4.08. The number of carboxylic acid groups (broad SMARTS) is 2. The quantitative estimate of drug-likeness (QED) is 0.801. The van der Waals surface area contributed by atoms with Crippen LogP contribution in [0.2, 0.25) is 0 Å². The Morgan fingerprint density at radius 2 is 1.81 bits per heavy atom. The van der Waals surface area contributed by atoms with Crippen LogP contribution in [0.4, 0.5) is 0 Å². The molecular formula is C22H22O5. The number of hydrogen-bond acceptors (Lipinski definition) is 3. The number of hydrogen-bond donors (Lipinski definition) is 2. The van der Waals surface area contributed by atoms with Crippen LogP contribution in [0.1, 0.15) is 53.6 Å². The van der Waals surface area contributed by atoms with E-state index in [-0.39, 0.29) is 17.3 Å². The molecule has 1 aliphatic carbocycles. The lowest BCUT2D eigenvalue weighted by Crippen LogP contribution is -2.11. The highest BCUT2D eigenvalue weighted by atomic mass is 16.4. The number of carbonyl (C=O) groups is 3. The number of carboxylic acids is 2. The van der Waals surface area contributed by atoms with E-state index in [1.165, 1.54) is 12.1 Å². The molecule has 5 nitrogen and oxygen atoms in total. The van der Waals surface area contributed by atoms with E-state index >= 15 is 0 Å². The molecule has 0 bridgehead atoms. The number of aromatic carboxylic acids is 1. The molecule has 1 aliphatic rings. The first-order valence-electron chi connectivity index (χ1n) is 9.09. The SMILES string of the molecule is CC(C(=O)O)c1ccc(CC2CCCC2=O)c(-c2ccc(C(=O)O)cc2)c1. The number of Topliss-reactive ketones (excluding diaryl/α,β-unsaturated/α-hetero) is 1. The second kappa shape index (κ2) is 7.74. The Balaban J connectivity index is 2.02. The van der Waals surface area contributed by atoms with Crippen LogP contribution in [0.25, 0.3) is 11.1 Å². The summed E-state index contributed by atoms with van der Waals surface area (Å²) in [7, 11) is 0. The van der Waals surface area contributed by atoms with Crippen LogP contribution in [-0.2, 0) is 16.0 Å². The second-order valence-corrected chi connectivity index (χ2v) is 7.12. The third-order valence-electron chi connectivity index (χ3n) is 5.34. The molecule has 2 unspecified atom stereocenters. The fourth-order valence-corrected chi connectivity index (χ4v) is 3.61. The number of benzene rings is 2. The zero-order chi connectivity index (χ0) is 19.6. The molecule has 140 valence electrons. The molecule has 0 saturated heterocycles. The molecule has 2 N–H and O–H groups in total. The van der Waals surface area contributed by atoms with E-state index in [1.54, 1.807) is 19.1 Å². The Kier molecular flexibility index (Phi) is 5.40. The van der Waals surface area contributed by atoms with Gasteiger partial charge in [-0.3, -0.25) is 9.59 Å². The highest BCUT2D eigenvalue weighted by Gasteiger charge is 2.26. The van der Waals surface area contributed by atoms with E-state index in [9.17, 15) is 19.5 Å². The van der Waals surface area contributed by atoms with Gasteiger partial charge in [0.05, 0.1) is 11.5 Å². The average molecular weight is 366 g/mol. The molecule has 0 spiro atoms. The van der Waals surface area contributed by atoms with Gasteiger partial charge in [0.25, 0.3) is 0 Å². The van der Waals surface area contributed by atoms with Gasteiger partial charge in [-0.1, -0.05) is 30.3 Å². The molecule has 1 fully saturated rings. The van der Waals surface area contributed by atoms with Gasteiger partial charge in [-0.2, -0.15) is 0 Å². The van der Waals surface area contributed by atoms with Gasteiger partial charge in [-0.05, 0) is 60.6 Å². The Bertz CT molecular complexity index is 882. The largest absolute Gasteiger partial charge is 0.481 e.